The maximum absolute atomic E-state index is 12.6. The fourth-order valence-corrected chi connectivity index (χ4v) is 4.64. The number of carbonyl (C=O) groups excluding carboxylic acids is 2. The molecule has 0 aliphatic heterocycles. The third-order valence-electron chi connectivity index (χ3n) is 4.79. The minimum absolute atomic E-state index is 0.0950. The first-order chi connectivity index (χ1) is 13.8. The van der Waals surface area contributed by atoms with Crippen molar-refractivity contribution in [3.8, 4) is 0 Å². The van der Waals surface area contributed by atoms with Gasteiger partial charge in [0, 0.05) is 12.0 Å². The Morgan fingerprint density at radius 3 is 2.45 bits per heavy atom. The van der Waals surface area contributed by atoms with E-state index in [2.05, 4.69) is 15.6 Å². The van der Waals surface area contributed by atoms with Gasteiger partial charge in [-0.05, 0) is 49.1 Å². The lowest BCUT2D eigenvalue weighted by Crippen LogP contribution is -2.42. The molecule has 3 rings (SSSR count). The van der Waals surface area contributed by atoms with E-state index in [1.54, 1.807) is 18.2 Å². The molecule has 0 saturated heterocycles. The molecule has 154 valence electrons. The minimum atomic E-state index is -3.94. The molecule has 2 amide bonds. The van der Waals surface area contributed by atoms with Gasteiger partial charge in [0.25, 0.3) is 15.9 Å². The van der Waals surface area contributed by atoms with Gasteiger partial charge in [-0.3, -0.25) is 25.2 Å². The highest BCUT2D eigenvalue weighted by Gasteiger charge is 2.20. The summed E-state index contributed by atoms with van der Waals surface area (Å²) in [4.78, 5) is 24.2. The lowest BCUT2D eigenvalue weighted by molar-refractivity contribution is -0.122. The number of rotatable bonds is 6. The predicted molar refractivity (Wildman–Crippen MR) is 111 cm³/mol. The zero-order valence-corrected chi connectivity index (χ0v) is 17.2. The fourth-order valence-electron chi connectivity index (χ4n) is 3.28. The van der Waals surface area contributed by atoms with Crippen LogP contribution in [0.4, 0.5) is 5.69 Å². The van der Waals surface area contributed by atoms with Gasteiger partial charge in [0.15, 0.2) is 0 Å². The molecule has 0 heterocycles. The maximum atomic E-state index is 12.6. The summed E-state index contributed by atoms with van der Waals surface area (Å²) in [5, 5.41) is 0.259. The normalized spacial score (nSPS) is 14.4. The van der Waals surface area contributed by atoms with E-state index in [1.165, 1.54) is 30.3 Å². The van der Waals surface area contributed by atoms with E-state index < -0.39 is 15.9 Å². The van der Waals surface area contributed by atoms with Crippen molar-refractivity contribution in [1.29, 1.82) is 0 Å². The van der Waals surface area contributed by atoms with Crippen LogP contribution in [0.2, 0.25) is 5.02 Å². The number of sulfonamides is 1. The van der Waals surface area contributed by atoms with Crippen LogP contribution in [0.15, 0.2) is 53.4 Å². The summed E-state index contributed by atoms with van der Waals surface area (Å²) in [5.74, 6) is -0.495. The molecule has 9 heteroatoms. The van der Waals surface area contributed by atoms with Crippen LogP contribution in [0, 0.1) is 5.92 Å². The number of hydrazine groups is 1. The number of nitrogens with one attached hydrogen (secondary N) is 3. The smallest absolute Gasteiger partial charge is 0.269 e. The van der Waals surface area contributed by atoms with Gasteiger partial charge in [-0.15, -0.1) is 0 Å². The summed E-state index contributed by atoms with van der Waals surface area (Å²) in [6.45, 7) is 0. The van der Waals surface area contributed by atoms with Crippen molar-refractivity contribution in [2.75, 3.05) is 4.72 Å². The number of benzene rings is 2. The van der Waals surface area contributed by atoms with Gasteiger partial charge in [0.1, 0.15) is 0 Å². The highest BCUT2D eigenvalue weighted by atomic mass is 35.5. The second-order valence-electron chi connectivity index (χ2n) is 6.97. The summed E-state index contributed by atoms with van der Waals surface area (Å²) in [6, 6.07) is 12.0. The van der Waals surface area contributed by atoms with Crippen molar-refractivity contribution in [1.82, 2.24) is 10.9 Å². The number of halogens is 1. The van der Waals surface area contributed by atoms with E-state index >= 15 is 0 Å². The number of amides is 2. The number of hydrogen-bond acceptors (Lipinski definition) is 4. The SMILES string of the molecule is O=C(CC1CCCC1)NNC(=O)c1cccc(S(=O)(=O)Nc2ccccc2Cl)c1. The Labute approximate surface area is 174 Å². The van der Waals surface area contributed by atoms with Crippen LogP contribution in [0.5, 0.6) is 0 Å². The summed E-state index contributed by atoms with van der Waals surface area (Å²) in [5.41, 5.74) is 5.07. The molecule has 0 atom stereocenters. The van der Waals surface area contributed by atoms with E-state index in [4.69, 9.17) is 11.6 Å². The first-order valence-corrected chi connectivity index (χ1v) is 11.2. The summed E-state index contributed by atoms with van der Waals surface area (Å²) in [7, 11) is -3.94. The minimum Gasteiger partial charge on any atom is -0.278 e. The Bertz CT molecular complexity index is 1000. The first-order valence-electron chi connectivity index (χ1n) is 9.32. The highest BCUT2D eigenvalue weighted by Crippen LogP contribution is 2.27. The highest BCUT2D eigenvalue weighted by molar-refractivity contribution is 7.92. The third-order valence-corrected chi connectivity index (χ3v) is 6.48. The van der Waals surface area contributed by atoms with Crippen LogP contribution in [0.25, 0.3) is 0 Å². The Morgan fingerprint density at radius 1 is 1.00 bits per heavy atom. The van der Waals surface area contributed by atoms with E-state index in [1.807, 2.05) is 0 Å². The standard InChI is InChI=1S/C20H22ClN3O4S/c21-17-10-3-4-11-18(17)24-29(27,28)16-9-5-8-15(13-16)20(26)23-22-19(25)12-14-6-1-2-7-14/h3-5,8-11,13-14,24H,1-2,6-7,12H2,(H,22,25)(H,23,26). The lowest BCUT2D eigenvalue weighted by atomic mass is 10.0. The van der Waals surface area contributed by atoms with Gasteiger partial charge in [-0.2, -0.15) is 0 Å². The number of para-hydroxylation sites is 1. The molecule has 2 aromatic carbocycles. The zero-order valence-electron chi connectivity index (χ0n) is 15.7. The number of hydrogen-bond donors (Lipinski definition) is 3. The van der Waals surface area contributed by atoms with E-state index in [0.717, 1.165) is 25.7 Å². The predicted octanol–water partition coefficient (Wildman–Crippen LogP) is 3.48. The Kier molecular flexibility index (Phi) is 6.76. The van der Waals surface area contributed by atoms with Gasteiger partial charge in [0.2, 0.25) is 5.91 Å². The molecule has 0 spiro atoms. The summed E-state index contributed by atoms with van der Waals surface area (Å²) in [6.07, 6.45) is 4.69. The Balaban J connectivity index is 1.64. The molecule has 1 fully saturated rings. The van der Waals surface area contributed by atoms with Crippen molar-refractivity contribution >= 4 is 39.1 Å². The van der Waals surface area contributed by atoms with Gasteiger partial charge >= 0.3 is 0 Å². The van der Waals surface area contributed by atoms with Crippen LogP contribution in [-0.4, -0.2) is 20.2 Å². The molecule has 1 aliphatic carbocycles. The van der Waals surface area contributed by atoms with Crippen molar-refractivity contribution in [2.24, 2.45) is 5.92 Å². The van der Waals surface area contributed by atoms with Crippen molar-refractivity contribution in [3.63, 3.8) is 0 Å². The Hall–Kier alpha value is -2.58. The van der Waals surface area contributed by atoms with Crippen LogP contribution in [-0.2, 0) is 14.8 Å². The average Bonchev–Trinajstić information content (AvgIpc) is 3.21. The molecular formula is C20H22ClN3O4S. The van der Waals surface area contributed by atoms with Crippen LogP contribution < -0.4 is 15.6 Å². The molecule has 0 aromatic heterocycles. The zero-order chi connectivity index (χ0) is 20.9. The van der Waals surface area contributed by atoms with Crippen LogP contribution >= 0.6 is 11.6 Å². The molecule has 0 unspecified atom stereocenters. The molecule has 2 aromatic rings. The fraction of sp³-hybridized carbons (Fsp3) is 0.300. The molecule has 1 saturated carbocycles. The second kappa shape index (κ2) is 9.28. The topological polar surface area (TPSA) is 104 Å². The summed E-state index contributed by atoms with van der Waals surface area (Å²) < 4.78 is 27.6. The molecule has 7 nitrogen and oxygen atoms in total. The van der Waals surface area contributed by atoms with E-state index in [9.17, 15) is 18.0 Å². The number of anilines is 1. The maximum Gasteiger partial charge on any atom is 0.269 e. The van der Waals surface area contributed by atoms with Gasteiger partial charge in [-0.25, -0.2) is 8.42 Å². The Morgan fingerprint density at radius 2 is 1.72 bits per heavy atom. The molecular weight excluding hydrogens is 414 g/mol. The molecule has 1 aliphatic rings. The molecule has 3 N–H and O–H groups in total. The van der Waals surface area contributed by atoms with Crippen molar-refractivity contribution in [3.05, 3.63) is 59.1 Å². The van der Waals surface area contributed by atoms with Gasteiger partial charge in [-0.1, -0.05) is 42.6 Å². The van der Waals surface area contributed by atoms with Crippen LogP contribution in [0.3, 0.4) is 0 Å². The van der Waals surface area contributed by atoms with E-state index in [-0.39, 0.29) is 27.1 Å². The van der Waals surface area contributed by atoms with Crippen molar-refractivity contribution < 1.29 is 18.0 Å². The number of carbonyl (C=O) groups is 2. The first kappa shape index (κ1) is 21.1. The van der Waals surface area contributed by atoms with E-state index in [0.29, 0.717) is 12.3 Å². The lowest BCUT2D eigenvalue weighted by Gasteiger charge is -2.12. The van der Waals surface area contributed by atoms with Gasteiger partial charge in [0.05, 0.1) is 15.6 Å². The molecule has 0 bridgehead atoms. The quantitative estimate of drug-likeness (QED) is 0.604. The summed E-state index contributed by atoms with van der Waals surface area (Å²) >= 11 is 6.00. The van der Waals surface area contributed by atoms with Gasteiger partial charge < -0.3 is 0 Å². The third kappa shape index (κ3) is 5.71. The monoisotopic (exact) mass is 435 g/mol. The molecule has 29 heavy (non-hydrogen) atoms. The largest absolute Gasteiger partial charge is 0.278 e. The van der Waals surface area contributed by atoms with Crippen LogP contribution in [0.1, 0.15) is 42.5 Å². The second-order valence-corrected chi connectivity index (χ2v) is 9.06. The van der Waals surface area contributed by atoms with Crippen molar-refractivity contribution in [2.45, 2.75) is 37.0 Å². The average molecular weight is 436 g/mol. The molecule has 0 radical (unpaired) electrons.